The molecule has 94 valence electrons. The van der Waals surface area contributed by atoms with E-state index in [1.807, 2.05) is 20.0 Å². The number of nitrogens with zero attached hydrogens (tertiary/aromatic N) is 1. The Balaban J connectivity index is 2.96. The second-order valence-electron chi connectivity index (χ2n) is 4.63. The number of hydrogen-bond acceptors (Lipinski definition) is 2. The molecule has 0 radical (unpaired) electrons. The highest BCUT2D eigenvalue weighted by atomic mass is 79.9. The van der Waals surface area contributed by atoms with Gasteiger partial charge in [-0.1, -0.05) is 29.8 Å². The van der Waals surface area contributed by atoms with Crippen LogP contribution >= 0.6 is 15.9 Å². The van der Waals surface area contributed by atoms with E-state index in [9.17, 15) is 4.79 Å². The second kappa shape index (κ2) is 5.54. The zero-order valence-corrected chi connectivity index (χ0v) is 12.3. The fourth-order valence-corrected chi connectivity index (χ4v) is 1.93. The first kappa shape index (κ1) is 14.0. The van der Waals surface area contributed by atoms with Crippen LogP contribution in [0.15, 0.2) is 22.7 Å². The van der Waals surface area contributed by atoms with Crippen molar-refractivity contribution in [3.8, 4) is 0 Å². The molecule has 1 unspecified atom stereocenters. The molecule has 0 aliphatic heterocycles. The van der Waals surface area contributed by atoms with Gasteiger partial charge in [-0.3, -0.25) is 4.79 Å². The van der Waals surface area contributed by atoms with Crippen molar-refractivity contribution in [2.75, 3.05) is 12.8 Å². The molecule has 0 fully saturated rings. The van der Waals surface area contributed by atoms with Gasteiger partial charge in [0.15, 0.2) is 0 Å². The third-order valence-corrected chi connectivity index (χ3v) is 3.63. The molecule has 1 aromatic carbocycles. The number of carbonyl (C=O) groups is 1. The lowest BCUT2D eigenvalue weighted by molar-refractivity contribution is 0.0708. The van der Waals surface area contributed by atoms with Crippen molar-refractivity contribution < 1.29 is 4.79 Å². The van der Waals surface area contributed by atoms with E-state index >= 15 is 0 Å². The van der Waals surface area contributed by atoms with Crippen LogP contribution in [0.25, 0.3) is 0 Å². The summed E-state index contributed by atoms with van der Waals surface area (Å²) in [7, 11) is 1.81. The largest absolute Gasteiger partial charge is 0.398 e. The molecule has 0 aliphatic rings. The van der Waals surface area contributed by atoms with Crippen molar-refractivity contribution in [1.82, 2.24) is 4.90 Å². The van der Waals surface area contributed by atoms with E-state index in [1.165, 1.54) is 0 Å². The summed E-state index contributed by atoms with van der Waals surface area (Å²) in [5, 5.41) is 0. The molecule has 1 atom stereocenters. The topological polar surface area (TPSA) is 46.3 Å². The van der Waals surface area contributed by atoms with Crippen LogP contribution in [-0.2, 0) is 0 Å². The summed E-state index contributed by atoms with van der Waals surface area (Å²) in [6.07, 6.45) is 0. The van der Waals surface area contributed by atoms with Crippen LogP contribution in [0, 0.1) is 5.92 Å². The van der Waals surface area contributed by atoms with Gasteiger partial charge in [-0.05, 0) is 31.0 Å². The van der Waals surface area contributed by atoms with E-state index < -0.39 is 0 Å². The number of rotatable bonds is 3. The van der Waals surface area contributed by atoms with Gasteiger partial charge in [-0.25, -0.2) is 0 Å². The van der Waals surface area contributed by atoms with Crippen LogP contribution < -0.4 is 5.73 Å². The van der Waals surface area contributed by atoms with Gasteiger partial charge in [-0.2, -0.15) is 0 Å². The molecule has 2 N–H and O–H groups in total. The Kier molecular flexibility index (Phi) is 4.57. The van der Waals surface area contributed by atoms with Crippen molar-refractivity contribution in [2.45, 2.75) is 26.8 Å². The quantitative estimate of drug-likeness (QED) is 0.872. The molecule has 0 spiro atoms. The molecule has 1 amide bonds. The van der Waals surface area contributed by atoms with Crippen LogP contribution in [0.3, 0.4) is 0 Å². The second-order valence-corrected chi connectivity index (χ2v) is 5.55. The molecular formula is C13H19BrN2O. The highest BCUT2D eigenvalue weighted by Gasteiger charge is 2.21. The summed E-state index contributed by atoms with van der Waals surface area (Å²) < 4.78 is 0.881. The SMILES string of the molecule is CC(C)C(C)N(C)C(=O)c1ccc(Br)cc1N. The number of hydrogen-bond donors (Lipinski definition) is 1. The van der Waals surface area contributed by atoms with E-state index in [0.717, 1.165) is 4.47 Å². The maximum Gasteiger partial charge on any atom is 0.255 e. The zero-order chi connectivity index (χ0) is 13.2. The smallest absolute Gasteiger partial charge is 0.255 e. The number of anilines is 1. The minimum atomic E-state index is -0.0313. The molecule has 17 heavy (non-hydrogen) atoms. The number of nitrogen functional groups attached to an aromatic ring is 1. The Morgan fingerprint density at radius 2 is 1.94 bits per heavy atom. The van der Waals surface area contributed by atoms with Gasteiger partial charge in [0.25, 0.3) is 5.91 Å². The number of nitrogens with two attached hydrogens (primary N) is 1. The number of carbonyl (C=O) groups excluding carboxylic acids is 1. The predicted octanol–water partition coefficient (Wildman–Crippen LogP) is 3.15. The van der Waals surface area contributed by atoms with Gasteiger partial charge in [0.2, 0.25) is 0 Å². The maximum absolute atomic E-state index is 12.3. The Labute approximate surface area is 111 Å². The molecule has 1 aromatic rings. The van der Waals surface area contributed by atoms with Crippen LogP contribution in [0.4, 0.5) is 5.69 Å². The van der Waals surface area contributed by atoms with Crippen molar-refractivity contribution in [2.24, 2.45) is 5.92 Å². The number of amides is 1. The number of halogens is 1. The lowest BCUT2D eigenvalue weighted by Gasteiger charge is -2.28. The fraction of sp³-hybridized carbons (Fsp3) is 0.462. The molecular weight excluding hydrogens is 280 g/mol. The van der Waals surface area contributed by atoms with E-state index in [-0.39, 0.29) is 11.9 Å². The van der Waals surface area contributed by atoms with Crippen LogP contribution in [0.2, 0.25) is 0 Å². The molecule has 0 saturated heterocycles. The third kappa shape index (κ3) is 3.22. The van der Waals surface area contributed by atoms with Crippen molar-refractivity contribution >= 4 is 27.5 Å². The monoisotopic (exact) mass is 298 g/mol. The van der Waals surface area contributed by atoms with Gasteiger partial charge >= 0.3 is 0 Å². The van der Waals surface area contributed by atoms with Crippen LogP contribution in [-0.4, -0.2) is 23.9 Å². The highest BCUT2D eigenvalue weighted by molar-refractivity contribution is 9.10. The summed E-state index contributed by atoms with van der Waals surface area (Å²) in [5.41, 5.74) is 6.92. The normalized spacial score (nSPS) is 12.6. The first-order valence-electron chi connectivity index (χ1n) is 5.66. The Morgan fingerprint density at radius 3 is 2.41 bits per heavy atom. The van der Waals surface area contributed by atoms with Gasteiger partial charge in [0, 0.05) is 23.2 Å². The first-order valence-corrected chi connectivity index (χ1v) is 6.46. The predicted molar refractivity (Wildman–Crippen MR) is 74.9 cm³/mol. The third-order valence-electron chi connectivity index (χ3n) is 3.14. The van der Waals surface area contributed by atoms with Gasteiger partial charge in [0.05, 0.1) is 5.56 Å². The summed E-state index contributed by atoms with van der Waals surface area (Å²) >= 11 is 3.33. The van der Waals surface area contributed by atoms with Gasteiger partial charge in [0.1, 0.15) is 0 Å². The van der Waals surface area contributed by atoms with Crippen molar-refractivity contribution in [1.29, 1.82) is 0 Å². The fourth-order valence-electron chi connectivity index (χ4n) is 1.55. The van der Waals surface area contributed by atoms with Crippen molar-refractivity contribution in [3.05, 3.63) is 28.2 Å². The summed E-state index contributed by atoms with van der Waals surface area (Å²) in [6.45, 7) is 6.23. The summed E-state index contributed by atoms with van der Waals surface area (Å²) in [5.74, 6) is 0.386. The molecule has 1 rings (SSSR count). The molecule has 0 aromatic heterocycles. The zero-order valence-electron chi connectivity index (χ0n) is 10.7. The van der Waals surface area contributed by atoms with Gasteiger partial charge < -0.3 is 10.6 Å². The Hall–Kier alpha value is -1.03. The van der Waals surface area contributed by atoms with E-state index in [2.05, 4.69) is 29.8 Å². The molecule has 0 heterocycles. The van der Waals surface area contributed by atoms with Gasteiger partial charge in [-0.15, -0.1) is 0 Å². The average Bonchev–Trinajstić information content (AvgIpc) is 2.26. The van der Waals surface area contributed by atoms with E-state index in [0.29, 0.717) is 17.2 Å². The molecule has 0 aliphatic carbocycles. The summed E-state index contributed by atoms with van der Waals surface area (Å²) in [6, 6.07) is 5.52. The number of benzene rings is 1. The Morgan fingerprint density at radius 1 is 1.35 bits per heavy atom. The lowest BCUT2D eigenvalue weighted by Crippen LogP contribution is -2.38. The average molecular weight is 299 g/mol. The van der Waals surface area contributed by atoms with Crippen molar-refractivity contribution in [3.63, 3.8) is 0 Å². The van der Waals surface area contributed by atoms with Crippen LogP contribution in [0.5, 0.6) is 0 Å². The lowest BCUT2D eigenvalue weighted by atomic mass is 10.0. The minimum Gasteiger partial charge on any atom is -0.398 e. The molecule has 0 bridgehead atoms. The first-order chi connectivity index (χ1) is 7.84. The van der Waals surface area contributed by atoms with Crippen LogP contribution in [0.1, 0.15) is 31.1 Å². The molecule has 0 saturated carbocycles. The standard InChI is InChI=1S/C13H19BrN2O/c1-8(2)9(3)16(4)13(17)11-6-5-10(14)7-12(11)15/h5-9H,15H2,1-4H3. The van der Waals surface area contributed by atoms with E-state index in [4.69, 9.17) is 5.73 Å². The Bertz CT molecular complexity index is 418. The molecule has 3 nitrogen and oxygen atoms in total. The summed E-state index contributed by atoms with van der Waals surface area (Å²) in [4.78, 5) is 14.0. The van der Waals surface area contributed by atoms with E-state index in [1.54, 1.807) is 17.0 Å². The minimum absolute atomic E-state index is 0.0313. The molecule has 4 heteroatoms. The maximum atomic E-state index is 12.3. The highest BCUT2D eigenvalue weighted by Crippen LogP contribution is 2.21.